The van der Waals surface area contributed by atoms with Crippen LogP contribution in [0.4, 0.5) is 4.79 Å². The van der Waals surface area contributed by atoms with Crippen LogP contribution in [0, 0.1) is 11.8 Å². The van der Waals surface area contributed by atoms with Crippen molar-refractivity contribution in [3.63, 3.8) is 0 Å². The predicted molar refractivity (Wildman–Crippen MR) is 128 cm³/mol. The molecule has 2 amide bonds. The van der Waals surface area contributed by atoms with Crippen molar-refractivity contribution in [2.45, 2.75) is 57.5 Å². The molecule has 0 aromatic heterocycles. The quantitative estimate of drug-likeness (QED) is 0.540. The van der Waals surface area contributed by atoms with E-state index in [0.717, 1.165) is 11.1 Å². The molecule has 3 atom stereocenters. The Bertz CT molecular complexity index is 1020. The fourth-order valence-electron chi connectivity index (χ4n) is 5.07. The van der Waals surface area contributed by atoms with Crippen LogP contribution in [0.3, 0.4) is 0 Å². The number of alkyl carbamates (subject to hydrolysis) is 1. The van der Waals surface area contributed by atoms with Crippen LogP contribution in [0.2, 0.25) is 0 Å². The van der Waals surface area contributed by atoms with Crippen LogP contribution < -0.4 is 10.6 Å². The van der Waals surface area contributed by atoms with E-state index in [9.17, 15) is 14.4 Å². The first kappa shape index (κ1) is 23.8. The van der Waals surface area contributed by atoms with Crippen LogP contribution in [0.5, 0.6) is 0 Å². The van der Waals surface area contributed by atoms with E-state index in [0.29, 0.717) is 19.3 Å². The summed E-state index contributed by atoms with van der Waals surface area (Å²) in [6.45, 7) is 4.10. The van der Waals surface area contributed by atoms with Crippen LogP contribution in [-0.2, 0) is 14.3 Å². The number of aliphatic carboxylic acids is 1. The first-order valence-electron chi connectivity index (χ1n) is 12.0. The number of carboxylic acid groups (broad SMARTS) is 1. The summed E-state index contributed by atoms with van der Waals surface area (Å²) < 4.78 is 5.63. The Kier molecular flexibility index (Phi) is 7.20. The van der Waals surface area contributed by atoms with Gasteiger partial charge in [-0.15, -0.1) is 0 Å². The molecule has 2 aliphatic carbocycles. The van der Waals surface area contributed by atoms with Gasteiger partial charge in [-0.25, -0.2) is 4.79 Å². The van der Waals surface area contributed by atoms with Crippen LogP contribution in [-0.4, -0.2) is 41.8 Å². The van der Waals surface area contributed by atoms with Crippen molar-refractivity contribution in [1.29, 1.82) is 0 Å². The van der Waals surface area contributed by atoms with Crippen LogP contribution in [0.15, 0.2) is 48.5 Å². The molecule has 7 nitrogen and oxygen atoms in total. The molecule has 34 heavy (non-hydrogen) atoms. The minimum absolute atomic E-state index is 0.0245. The third-order valence-corrected chi connectivity index (χ3v) is 7.00. The summed E-state index contributed by atoms with van der Waals surface area (Å²) in [6, 6.07) is 15.8. The average Bonchev–Trinajstić information content (AvgIpc) is 3.40. The zero-order valence-electron chi connectivity index (χ0n) is 19.6. The average molecular weight is 465 g/mol. The molecule has 2 aromatic rings. The zero-order chi connectivity index (χ0) is 24.2. The first-order valence-corrected chi connectivity index (χ1v) is 12.0. The number of hydrogen-bond donors (Lipinski definition) is 3. The molecule has 0 spiro atoms. The van der Waals surface area contributed by atoms with Crippen molar-refractivity contribution < 1.29 is 24.2 Å². The maximum atomic E-state index is 12.7. The SMILES string of the molecule is CC(C)[C@H](CC(=O)N[C@H]1CC[C@@H](C(=O)O)C1)NC(=O)OCC1c2ccccc2-c2ccccc21. The monoisotopic (exact) mass is 464 g/mol. The molecule has 0 unspecified atom stereocenters. The van der Waals surface area contributed by atoms with Gasteiger partial charge in [0.05, 0.1) is 5.92 Å². The molecule has 1 fully saturated rings. The Labute approximate surface area is 199 Å². The number of carbonyl (C=O) groups is 3. The van der Waals surface area contributed by atoms with E-state index in [-0.39, 0.29) is 42.9 Å². The number of amides is 2. The van der Waals surface area contributed by atoms with E-state index < -0.39 is 18.0 Å². The summed E-state index contributed by atoms with van der Waals surface area (Å²) in [4.78, 5) is 36.4. The van der Waals surface area contributed by atoms with Gasteiger partial charge < -0.3 is 20.5 Å². The van der Waals surface area contributed by atoms with Crippen molar-refractivity contribution in [2.75, 3.05) is 6.61 Å². The largest absolute Gasteiger partial charge is 0.481 e. The van der Waals surface area contributed by atoms with Gasteiger partial charge >= 0.3 is 12.1 Å². The normalized spacial score (nSPS) is 19.9. The Morgan fingerprint density at radius 3 is 2.18 bits per heavy atom. The van der Waals surface area contributed by atoms with E-state index in [1.807, 2.05) is 38.1 Å². The highest BCUT2D eigenvalue weighted by Crippen LogP contribution is 2.44. The van der Waals surface area contributed by atoms with Gasteiger partial charge in [-0.05, 0) is 47.4 Å². The summed E-state index contributed by atoms with van der Waals surface area (Å²) in [5.41, 5.74) is 4.63. The summed E-state index contributed by atoms with van der Waals surface area (Å²) >= 11 is 0. The lowest BCUT2D eigenvalue weighted by molar-refractivity contribution is -0.141. The molecule has 0 bridgehead atoms. The van der Waals surface area contributed by atoms with E-state index in [2.05, 4.69) is 34.9 Å². The molecule has 0 saturated heterocycles. The van der Waals surface area contributed by atoms with Crippen LogP contribution in [0.1, 0.15) is 56.6 Å². The van der Waals surface area contributed by atoms with E-state index >= 15 is 0 Å². The summed E-state index contributed by atoms with van der Waals surface area (Å²) in [6.07, 6.45) is 1.27. The maximum absolute atomic E-state index is 12.7. The van der Waals surface area contributed by atoms with Crippen molar-refractivity contribution in [2.24, 2.45) is 11.8 Å². The number of benzene rings is 2. The number of ether oxygens (including phenoxy) is 1. The Balaban J connectivity index is 1.32. The van der Waals surface area contributed by atoms with E-state index in [1.54, 1.807) is 0 Å². The zero-order valence-corrected chi connectivity index (χ0v) is 19.6. The van der Waals surface area contributed by atoms with E-state index in [1.165, 1.54) is 11.1 Å². The standard InChI is InChI=1S/C27H32N2O5/c1-16(2)24(14-25(30)28-18-12-11-17(13-18)26(31)32)29-27(33)34-15-23-21-9-5-3-7-19(21)20-8-4-6-10-22(20)23/h3-10,16-18,23-24H,11-15H2,1-2H3,(H,28,30)(H,29,33)(H,31,32)/t17-,18+,24+/m1/s1. The molecule has 0 heterocycles. The highest BCUT2D eigenvalue weighted by Gasteiger charge is 2.32. The minimum atomic E-state index is -0.811. The first-order chi connectivity index (χ1) is 16.3. The van der Waals surface area contributed by atoms with Gasteiger partial charge in [0, 0.05) is 24.4 Å². The van der Waals surface area contributed by atoms with Crippen molar-refractivity contribution in [1.82, 2.24) is 10.6 Å². The molecular formula is C27H32N2O5. The third-order valence-electron chi connectivity index (χ3n) is 7.00. The van der Waals surface area contributed by atoms with Gasteiger partial charge in [0.1, 0.15) is 6.61 Å². The predicted octanol–water partition coefficient (Wildman–Crippen LogP) is 4.31. The fraction of sp³-hybridized carbons (Fsp3) is 0.444. The number of carbonyl (C=O) groups excluding carboxylic acids is 2. The second-order valence-electron chi connectivity index (χ2n) is 9.64. The smallest absolute Gasteiger partial charge is 0.407 e. The van der Waals surface area contributed by atoms with E-state index in [4.69, 9.17) is 9.84 Å². The van der Waals surface area contributed by atoms with Crippen LogP contribution >= 0.6 is 0 Å². The molecule has 0 radical (unpaired) electrons. The molecular weight excluding hydrogens is 432 g/mol. The number of fused-ring (bicyclic) bond motifs is 3. The Hall–Kier alpha value is -3.35. The summed E-state index contributed by atoms with van der Waals surface area (Å²) in [5, 5.41) is 14.9. The topological polar surface area (TPSA) is 105 Å². The third kappa shape index (κ3) is 5.24. The van der Waals surface area contributed by atoms with Crippen molar-refractivity contribution in [3.8, 4) is 11.1 Å². The highest BCUT2D eigenvalue weighted by atomic mass is 16.5. The summed E-state index contributed by atoms with van der Waals surface area (Å²) in [5.74, 6) is -1.39. The second kappa shape index (κ2) is 10.3. The molecule has 7 heteroatoms. The number of carboxylic acids is 1. The molecule has 0 aliphatic heterocycles. The highest BCUT2D eigenvalue weighted by molar-refractivity contribution is 5.80. The maximum Gasteiger partial charge on any atom is 0.407 e. The van der Waals surface area contributed by atoms with Gasteiger partial charge in [0.2, 0.25) is 5.91 Å². The van der Waals surface area contributed by atoms with Gasteiger partial charge in [-0.1, -0.05) is 62.4 Å². The number of hydrogen-bond acceptors (Lipinski definition) is 4. The van der Waals surface area contributed by atoms with Crippen molar-refractivity contribution in [3.05, 3.63) is 59.7 Å². The lowest BCUT2D eigenvalue weighted by Gasteiger charge is -2.23. The van der Waals surface area contributed by atoms with Crippen LogP contribution in [0.25, 0.3) is 11.1 Å². The number of rotatable bonds is 8. The molecule has 4 rings (SSSR count). The lowest BCUT2D eigenvalue weighted by Crippen LogP contribution is -2.44. The van der Waals surface area contributed by atoms with Gasteiger partial charge in [0.25, 0.3) is 0 Å². The molecule has 3 N–H and O–H groups in total. The Morgan fingerprint density at radius 1 is 1.00 bits per heavy atom. The fourth-order valence-corrected chi connectivity index (χ4v) is 5.07. The molecule has 180 valence electrons. The lowest BCUT2D eigenvalue weighted by atomic mass is 9.98. The molecule has 1 saturated carbocycles. The summed E-state index contributed by atoms with van der Waals surface area (Å²) in [7, 11) is 0. The second-order valence-corrected chi connectivity index (χ2v) is 9.64. The Morgan fingerprint density at radius 2 is 1.62 bits per heavy atom. The number of nitrogens with one attached hydrogen (secondary N) is 2. The molecule has 2 aliphatic rings. The molecule has 2 aromatic carbocycles. The van der Waals surface area contributed by atoms with Gasteiger partial charge in [-0.2, -0.15) is 0 Å². The van der Waals surface area contributed by atoms with Gasteiger partial charge in [0.15, 0.2) is 0 Å². The van der Waals surface area contributed by atoms with Gasteiger partial charge in [-0.3, -0.25) is 9.59 Å². The van der Waals surface area contributed by atoms with Crippen molar-refractivity contribution >= 4 is 18.0 Å². The minimum Gasteiger partial charge on any atom is -0.481 e.